The minimum atomic E-state index is -1.03. The van der Waals surface area contributed by atoms with Crippen LogP contribution in [0.15, 0.2) is 24.4 Å². The maximum absolute atomic E-state index is 14.7. The topological polar surface area (TPSA) is 82.9 Å². The van der Waals surface area contributed by atoms with Crippen LogP contribution >= 0.6 is 11.8 Å². The summed E-state index contributed by atoms with van der Waals surface area (Å²) in [5.74, 6) is -0.208. The van der Waals surface area contributed by atoms with Gasteiger partial charge in [0.15, 0.2) is 0 Å². The van der Waals surface area contributed by atoms with Gasteiger partial charge in [0.1, 0.15) is 11.6 Å². The van der Waals surface area contributed by atoms with Crippen molar-refractivity contribution < 1.29 is 24.1 Å². The van der Waals surface area contributed by atoms with Crippen molar-refractivity contribution in [1.29, 1.82) is 0 Å². The minimum Gasteiger partial charge on any atom is -0.497 e. The highest BCUT2D eigenvalue weighted by atomic mass is 32.2. The van der Waals surface area contributed by atoms with E-state index in [2.05, 4.69) is 9.88 Å². The van der Waals surface area contributed by atoms with Crippen LogP contribution < -0.4 is 4.74 Å². The fourth-order valence-electron chi connectivity index (χ4n) is 4.93. The Kier molecular flexibility index (Phi) is 8.09. The minimum absolute atomic E-state index is 0.0293. The van der Waals surface area contributed by atoms with Gasteiger partial charge < -0.3 is 19.8 Å². The van der Waals surface area contributed by atoms with Gasteiger partial charge in [0, 0.05) is 35.0 Å². The smallest absolute Gasteiger partial charge is 0.308 e. The highest BCUT2D eigenvalue weighted by Gasteiger charge is 2.34. The maximum atomic E-state index is 14.7. The third kappa shape index (κ3) is 5.78. The highest BCUT2D eigenvalue weighted by Crippen LogP contribution is 2.35. The van der Waals surface area contributed by atoms with Crippen molar-refractivity contribution in [2.24, 2.45) is 11.8 Å². The number of halogens is 1. The van der Waals surface area contributed by atoms with Gasteiger partial charge in [0.25, 0.3) is 0 Å². The number of carboxylic acids is 1. The number of ether oxygens (including phenoxy) is 1. The van der Waals surface area contributed by atoms with Gasteiger partial charge in [-0.3, -0.25) is 9.78 Å². The summed E-state index contributed by atoms with van der Waals surface area (Å²) in [5, 5.41) is 22.1. The molecule has 33 heavy (non-hydrogen) atoms. The van der Waals surface area contributed by atoms with E-state index >= 15 is 0 Å². The molecule has 2 aliphatic rings. The molecule has 1 aliphatic carbocycles. The van der Waals surface area contributed by atoms with Crippen LogP contribution in [0.3, 0.4) is 0 Å². The summed E-state index contributed by atoms with van der Waals surface area (Å²) in [7, 11) is 1.54. The van der Waals surface area contributed by atoms with E-state index in [4.69, 9.17) is 4.74 Å². The number of rotatable bonds is 10. The molecule has 0 radical (unpaired) electrons. The second kappa shape index (κ2) is 11.0. The first-order chi connectivity index (χ1) is 16.0. The molecule has 1 aromatic carbocycles. The Morgan fingerprint density at radius 3 is 2.88 bits per heavy atom. The van der Waals surface area contributed by atoms with Crippen molar-refractivity contribution in [3.8, 4) is 5.75 Å². The summed E-state index contributed by atoms with van der Waals surface area (Å²) < 4.78 is 19.9. The molecule has 1 aliphatic heterocycles. The number of hydrogen-bond donors (Lipinski definition) is 2. The predicted molar refractivity (Wildman–Crippen MR) is 128 cm³/mol. The molecule has 0 bridgehead atoms. The average Bonchev–Trinajstić information content (AvgIpc) is 2.78. The lowest BCUT2D eigenvalue weighted by Gasteiger charge is -2.37. The quantitative estimate of drug-likeness (QED) is 0.522. The van der Waals surface area contributed by atoms with Crippen LogP contribution in [0.25, 0.3) is 10.9 Å². The monoisotopic (exact) mass is 476 g/mol. The van der Waals surface area contributed by atoms with E-state index in [1.54, 1.807) is 18.2 Å². The fraction of sp³-hybridized carbons (Fsp3) is 0.600. The van der Waals surface area contributed by atoms with E-state index in [0.29, 0.717) is 36.0 Å². The Balaban J connectivity index is 1.37. The Hall–Kier alpha value is -1.90. The zero-order chi connectivity index (χ0) is 23.4. The van der Waals surface area contributed by atoms with Crippen molar-refractivity contribution in [1.82, 2.24) is 9.88 Å². The van der Waals surface area contributed by atoms with Gasteiger partial charge in [-0.2, -0.15) is 11.8 Å². The van der Waals surface area contributed by atoms with Crippen LogP contribution in [-0.4, -0.2) is 63.8 Å². The molecule has 2 aromatic rings. The number of benzene rings is 1. The van der Waals surface area contributed by atoms with Crippen LogP contribution in [0.5, 0.6) is 5.75 Å². The summed E-state index contributed by atoms with van der Waals surface area (Å²) in [6.07, 6.45) is 5.69. The first-order valence-corrected chi connectivity index (χ1v) is 12.9. The number of thioether (sulfide) groups is 1. The molecule has 0 spiro atoms. The van der Waals surface area contributed by atoms with Gasteiger partial charge in [-0.1, -0.05) is 6.42 Å². The SMILES string of the molecule is COc1ccc2ncc(F)c([C@H](O)CCC3CCN(CCSC4CCC4)CC3C(=O)O)c2c1. The molecule has 2 N–H and O–H groups in total. The Morgan fingerprint density at radius 1 is 1.36 bits per heavy atom. The number of aliphatic carboxylic acids is 1. The third-order valence-corrected chi connectivity index (χ3v) is 8.54. The molecule has 0 amide bonds. The number of likely N-dealkylation sites (tertiary alicyclic amines) is 1. The van der Waals surface area contributed by atoms with Crippen LogP contribution in [0, 0.1) is 17.7 Å². The largest absolute Gasteiger partial charge is 0.497 e. The number of nitrogens with zero attached hydrogens (tertiary/aromatic N) is 2. The van der Waals surface area contributed by atoms with Gasteiger partial charge in [0.2, 0.25) is 0 Å². The number of pyridine rings is 1. The lowest BCUT2D eigenvalue weighted by atomic mass is 9.81. The molecule has 1 aromatic heterocycles. The summed E-state index contributed by atoms with van der Waals surface area (Å²) >= 11 is 2.01. The van der Waals surface area contributed by atoms with E-state index in [-0.39, 0.29) is 11.5 Å². The number of aliphatic hydroxyl groups excluding tert-OH is 1. The Morgan fingerprint density at radius 2 is 2.18 bits per heavy atom. The predicted octanol–water partition coefficient (Wildman–Crippen LogP) is 4.50. The number of fused-ring (bicyclic) bond motifs is 1. The van der Waals surface area contributed by atoms with E-state index in [1.165, 1.54) is 26.4 Å². The molecule has 1 saturated carbocycles. The molecule has 4 rings (SSSR count). The van der Waals surface area contributed by atoms with E-state index in [1.807, 2.05) is 11.8 Å². The van der Waals surface area contributed by atoms with Crippen molar-refractivity contribution in [2.45, 2.75) is 49.9 Å². The van der Waals surface area contributed by atoms with Crippen LogP contribution in [0.4, 0.5) is 4.39 Å². The van der Waals surface area contributed by atoms with Gasteiger partial charge in [0.05, 0.1) is 30.8 Å². The molecule has 8 heteroatoms. The van der Waals surface area contributed by atoms with Crippen LogP contribution in [0.2, 0.25) is 0 Å². The zero-order valence-electron chi connectivity index (χ0n) is 19.1. The van der Waals surface area contributed by atoms with E-state index in [9.17, 15) is 19.4 Å². The lowest BCUT2D eigenvalue weighted by molar-refractivity contribution is -0.146. The summed E-state index contributed by atoms with van der Waals surface area (Å²) in [5.41, 5.74) is 0.791. The number of aromatic nitrogens is 1. The standard InChI is InChI=1S/C25H33FN2O4S/c1-32-17-6-7-22-19(13-17)24(21(26)14-27-22)23(29)8-5-16-9-10-28(15-20(16)25(30)31)11-12-33-18-3-2-4-18/h6-7,13-14,16,18,20,23,29H,2-5,8-12,15H2,1H3,(H,30,31)/t16?,20?,23-/m1/s1. The first kappa shape index (κ1) is 24.2. The maximum Gasteiger partial charge on any atom is 0.308 e. The Labute approximate surface area is 198 Å². The highest BCUT2D eigenvalue weighted by molar-refractivity contribution is 7.99. The van der Waals surface area contributed by atoms with E-state index in [0.717, 1.165) is 36.7 Å². The van der Waals surface area contributed by atoms with Crippen LogP contribution in [0.1, 0.15) is 50.2 Å². The third-order valence-electron chi connectivity index (χ3n) is 7.18. The zero-order valence-corrected chi connectivity index (χ0v) is 19.9. The normalized spacial score (nSPS) is 22.8. The second-order valence-corrected chi connectivity index (χ2v) is 10.6. The number of piperidine rings is 1. The molecular formula is C25H33FN2O4S. The van der Waals surface area contributed by atoms with Crippen LogP contribution in [-0.2, 0) is 4.79 Å². The fourth-order valence-corrected chi connectivity index (χ4v) is 6.30. The van der Waals surface area contributed by atoms with Gasteiger partial charge in [-0.25, -0.2) is 4.39 Å². The Bertz CT molecular complexity index is 971. The molecule has 3 atom stereocenters. The molecule has 1 saturated heterocycles. The number of aliphatic hydroxyl groups is 1. The van der Waals surface area contributed by atoms with Gasteiger partial charge >= 0.3 is 5.97 Å². The molecule has 2 heterocycles. The van der Waals surface area contributed by atoms with Crippen molar-refractivity contribution in [2.75, 3.05) is 32.5 Å². The summed E-state index contributed by atoms with van der Waals surface area (Å²) in [6.45, 7) is 2.35. The lowest BCUT2D eigenvalue weighted by Crippen LogP contribution is -2.44. The summed E-state index contributed by atoms with van der Waals surface area (Å²) in [6, 6.07) is 5.17. The van der Waals surface area contributed by atoms with Gasteiger partial charge in [-0.05, 0) is 62.8 Å². The number of carbonyl (C=O) groups is 1. The second-order valence-electron chi connectivity index (χ2n) is 9.21. The average molecular weight is 477 g/mol. The molecule has 180 valence electrons. The first-order valence-electron chi connectivity index (χ1n) is 11.8. The molecular weight excluding hydrogens is 443 g/mol. The molecule has 2 unspecified atom stereocenters. The summed E-state index contributed by atoms with van der Waals surface area (Å²) in [4.78, 5) is 18.4. The number of carboxylic acid groups (broad SMARTS) is 1. The molecule has 6 nitrogen and oxygen atoms in total. The van der Waals surface area contributed by atoms with Crippen molar-refractivity contribution in [3.05, 3.63) is 35.8 Å². The van der Waals surface area contributed by atoms with E-state index < -0.39 is 23.8 Å². The van der Waals surface area contributed by atoms with Gasteiger partial charge in [-0.15, -0.1) is 0 Å². The number of methoxy groups -OCH3 is 1. The van der Waals surface area contributed by atoms with Crippen molar-refractivity contribution >= 4 is 28.6 Å². The molecule has 2 fully saturated rings. The number of hydrogen-bond acceptors (Lipinski definition) is 6. The van der Waals surface area contributed by atoms with Crippen molar-refractivity contribution in [3.63, 3.8) is 0 Å².